The molecule has 2 amide bonds. The Kier molecular flexibility index (Phi) is 6.20. The Bertz CT molecular complexity index is 1110. The van der Waals surface area contributed by atoms with Gasteiger partial charge in [0.1, 0.15) is 23.4 Å². The Morgan fingerprint density at radius 2 is 2.03 bits per heavy atom. The van der Waals surface area contributed by atoms with Gasteiger partial charge in [0.15, 0.2) is 18.7 Å². The van der Waals surface area contributed by atoms with Crippen LogP contribution in [-0.2, 0) is 14.3 Å². The fourth-order valence-electron chi connectivity index (χ4n) is 4.63. The number of aromatic amines is 1. The van der Waals surface area contributed by atoms with Crippen LogP contribution in [0.3, 0.4) is 0 Å². The summed E-state index contributed by atoms with van der Waals surface area (Å²) in [5.41, 5.74) is 0.759. The van der Waals surface area contributed by atoms with Crippen LogP contribution in [0.15, 0.2) is 18.2 Å². The molecule has 1 unspecified atom stereocenters. The normalized spacial score (nSPS) is 24.5. The van der Waals surface area contributed by atoms with Gasteiger partial charge in [0.2, 0.25) is 0 Å². The number of nitrogens with one attached hydrogen (secondary N) is 2. The van der Waals surface area contributed by atoms with Crippen LogP contribution in [0.2, 0.25) is 0 Å². The first kappa shape index (κ1) is 23.0. The number of amides is 2. The van der Waals surface area contributed by atoms with E-state index in [4.69, 9.17) is 18.9 Å². The molecule has 5 rings (SSSR count). The second-order valence-corrected chi connectivity index (χ2v) is 8.88. The second kappa shape index (κ2) is 9.45. The van der Waals surface area contributed by atoms with Gasteiger partial charge in [0, 0.05) is 29.8 Å². The minimum absolute atomic E-state index is 0.0270. The third-order valence-electron chi connectivity index (χ3n) is 6.64. The lowest BCUT2D eigenvalue weighted by Gasteiger charge is -2.51. The van der Waals surface area contributed by atoms with E-state index in [1.165, 1.54) is 19.2 Å². The number of phenols is 1. The highest BCUT2D eigenvalue weighted by molar-refractivity contribution is 5.91. The number of aldehydes is 1. The molecule has 2 bridgehead atoms. The Labute approximate surface area is 200 Å². The number of benzene rings is 1. The lowest BCUT2D eigenvalue weighted by Crippen LogP contribution is -2.66. The quantitative estimate of drug-likeness (QED) is 0.474. The summed E-state index contributed by atoms with van der Waals surface area (Å²) in [6.45, 7) is 0.750. The molecule has 2 aliphatic heterocycles. The van der Waals surface area contributed by atoms with E-state index in [9.17, 15) is 19.5 Å². The first-order valence-corrected chi connectivity index (χ1v) is 11.4. The number of H-pyrrole nitrogens is 1. The maximum atomic E-state index is 12.4. The molecule has 1 aliphatic carbocycles. The van der Waals surface area contributed by atoms with Crippen molar-refractivity contribution in [3.05, 3.63) is 29.5 Å². The van der Waals surface area contributed by atoms with Gasteiger partial charge in [-0.25, -0.2) is 4.79 Å². The van der Waals surface area contributed by atoms with Crippen molar-refractivity contribution >= 4 is 24.1 Å². The van der Waals surface area contributed by atoms with E-state index < -0.39 is 12.5 Å². The number of carbonyl (C=O) groups is 3. The standard InChI is InChI=1S/C23H26N4O8/c1-32-15-5-19(29)17(8-28)20(6-15)34-11-22(30)24-21-7-18(25-26-21)12-2-16(3-12)35-23(31)27-13-4-14(27)10-33-9-13/h5-8,12-14,16,29H,2-4,9-11H2,1H3,(H2,24,25,26,30)/t12?,13-,14?,16?/m0/s1. The van der Waals surface area contributed by atoms with E-state index >= 15 is 0 Å². The summed E-state index contributed by atoms with van der Waals surface area (Å²) < 4.78 is 21.5. The minimum atomic E-state index is -0.494. The first-order chi connectivity index (χ1) is 16.9. The molecule has 3 aliphatic rings. The largest absolute Gasteiger partial charge is 0.507 e. The van der Waals surface area contributed by atoms with Crippen LogP contribution in [0.4, 0.5) is 10.6 Å². The van der Waals surface area contributed by atoms with Gasteiger partial charge < -0.3 is 29.4 Å². The molecule has 1 aromatic carbocycles. The van der Waals surface area contributed by atoms with E-state index in [-0.39, 0.29) is 53.0 Å². The lowest BCUT2D eigenvalue weighted by atomic mass is 9.80. The third kappa shape index (κ3) is 4.61. The number of carbonyl (C=O) groups excluding carboxylic acids is 3. The number of fused-ring (bicyclic) bond motifs is 2. The molecule has 2 saturated heterocycles. The number of aromatic hydroxyl groups is 1. The Hall–Kier alpha value is -3.80. The third-order valence-corrected chi connectivity index (χ3v) is 6.64. The maximum Gasteiger partial charge on any atom is 0.410 e. The smallest absolute Gasteiger partial charge is 0.410 e. The maximum absolute atomic E-state index is 12.4. The number of rotatable bonds is 8. The van der Waals surface area contributed by atoms with Crippen molar-refractivity contribution < 1.29 is 38.4 Å². The molecule has 1 aromatic heterocycles. The number of morpholine rings is 1. The average molecular weight is 486 g/mol. The number of methoxy groups -OCH3 is 1. The van der Waals surface area contributed by atoms with Gasteiger partial charge in [0.25, 0.3) is 5.91 Å². The number of aromatic nitrogens is 2. The van der Waals surface area contributed by atoms with Gasteiger partial charge in [-0.1, -0.05) is 0 Å². The molecule has 1 saturated carbocycles. The summed E-state index contributed by atoms with van der Waals surface area (Å²) in [7, 11) is 1.40. The van der Waals surface area contributed by atoms with E-state index in [0.717, 1.165) is 12.1 Å². The zero-order chi connectivity index (χ0) is 24.5. The molecule has 35 heavy (non-hydrogen) atoms. The molecule has 2 aromatic rings. The summed E-state index contributed by atoms with van der Waals surface area (Å²) in [4.78, 5) is 37.7. The number of hydrogen-bond acceptors (Lipinski definition) is 9. The predicted molar refractivity (Wildman–Crippen MR) is 120 cm³/mol. The summed E-state index contributed by atoms with van der Waals surface area (Å²) in [6, 6.07) is 4.69. The van der Waals surface area contributed by atoms with Crippen molar-refractivity contribution in [3.8, 4) is 17.2 Å². The molecule has 2 atom stereocenters. The summed E-state index contributed by atoms with van der Waals surface area (Å²) in [5.74, 6) is -0.0154. The number of hydrogen-bond donors (Lipinski definition) is 3. The van der Waals surface area contributed by atoms with Crippen LogP contribution < -0.4 is 14.8 Å². The van der Waals surface area contributed by atoms with Gasteiger partial charge in [-0.05, 0) is 19.3 Å². The van der Waals surface area contributed by atoms with Crippen LogP contribution >= 0.6 is 0 Å². The van der Waals surface area contributed by atoms with Crippen molar-refractivity contribution in [2.24, 2.45) is 0 Å². The summed E-state index contributed by atoms with van der Waals surface area (Å²) >= 11 is 0. The number of anilines is 1. The average Bonchev–Trinajstić information content (AvgIpc) is 3.27. The van der Waals surface area contributed by atoms with Crippen LogP contribution in [0.25, 0.3) is 0 Å². The van der Waals surface area contributed by atoms with E-state index in [1.54, 1.807) is 11.0 Å². The molecule has 0 spiro atoms. The number of ether oxygens (including phenoxy) is 4. The molecule has 12 heteroatoms. The van der Waals surface area contributed by atoms with Crippen molar-refractivity contribution in [1.29, 1.82) is 0 Å². The highest BCUT2D eigenvalue weighted by Gasteiger charge is 2.47. The summed E-state index contributed by atoms with van der Waals surface area (Å²) in [5, 5.41) is 19.5. The molecule has 12 nitrogen and oxygen atoms in total. The lowest BCUT2D eigenvalue weighted by molar-refractivity contribution is -0.121. The van der Waals surface area contributed by atoms with Crippen LogP contribution in [0, 0.1) is 0 Å². The predicted octanol–water partition coefficient (Wildman–Crippen LogP) is 1.81. The first-order valence-electron chi connectivity index (χ1n) is 11.4. The van der Waals surface area contributed by atoms with Gasteiger partial charge in [-0.2, -0.15) is 5.10 Å². The van der Waals surface area contributed by atoms with Crippen molar-refractivity contribution in [3.63, 3.8) is 0 Å². The topological polar surface area (TPSA) is 152 Å². The molecule has 186 valence electrons. The Balaban J connectivity index is 1.08. The highest BCUT2D eigenvalue weighted by Crippen LogP contribution is 2.40. The highest BCUT2D eigenvalue weighted by atomic mass is 16.6. The van der Waals surface area contributed by atoms with Crippen molar-refractivity contribution in [1.82, 2.24) is 15.1 Å². The van der Waals surface area contributed by atoms with Gasteiger partial charge in [-0.15, -0.1) is 0 Å². The Morgan fingerprint density at radius 3 is 2.71 bits per heavy atom. The van der Waals surface area contributed by atoms with Crippen LogP contribution in [0.1, 0.15) is 41.2 Å². The molecule has 0 radical (unpaired) electrons. The van der Waals surface area contributed by atoms with E-state index in [0.29, 0.717) is 38.2 Å². The van der Waals surface area contributed by atoms with Crippen LogP contribution in [-0.4, -0.2) is 83.6 Å². The molecular formula is C23H26N4O8. The van der Waals surface area contributed by atoms with Crippen LogP contribution in [0.5, 0.6) is 17.2 Å². The van der Waals surface area contributed by atoms with Gasteiger partial charge >= 0.3 is 6.09 Å². The molecule has 3 fully saturated rings. The number of phenolic OH excluding ortho intramolecular Hbond substituents is 1. The molecule has 3 N–H and O–H groups in total. The monoisotopic (exact) mass is 486 g/mol. The number of nitrogens with zero attached hydrogens (tertiary/aromatic N) is 2. The fraction of sp³-hybridized carbons (Fsp3) is 0.478. The van der Waals surface area contributed by atoms with Crippen molar-refractivity contribution in [2.45, 2.75) is 43.4 Å². The van der Waals surface area contributed by atoms with E-state index in [2.05, 4.69) is 15.5 Å². The minimum Gasteiger partial charge on any atom is -0.507 e. The SMILES string of the molecule is COc1cc(O)c(C=O)c(OCC(=O)Nc2cc(C3CC(OC(=O)N4C5COC[C@@H]4C5)C3)[nH]n2)c1. The van der Waals surface area contributed by atoms with Gasteiger partial charge in [-0.3, -0.25) is 19.6 Å². The molecule has 3 heterocycles. The fourth-order valence-corrected chi connectivity index (χ4v) is 4.63. The molecular weight excluding hydrogens is 460 g/mol. The van der Waals surface area contributed by atoms with Gasteiger partial charge in [0.05, 0.1) is 38.0 Å². The zero-order valence-electron chi connectivity index (χ0n) is 19.1. The van der Waals surface area contributed by atoms with E-state index in [1.807, 2.05) is 0 Å². The zero-order valence-corrected chi connectivity index (χ0v) is 19.1. The van der Waals surface area contributed by atoms with Crippen molar-refractivity contribution in [2.75, 3.05) is 32.2 Å². The Morgan fingerprint density at radius 1 is 1.26 bits per heavy atom. The second-order valence-electron chi connectivity index (χ2n) is 8.88. The summed E-state index contributed by atoms with van der Waals surface area (Å²) in [6.07, 6.45) is 2.37.